The molecule has 122 valence electrons. The van der Waals surface area contributed by atoms with E-state index in [0.717, 1.165) is 16.9 Å². The van der Waals surface area contributed by atoms with Crippen LogP contribution in [-0.4, -0.2) is 24.1 Å². The average Bonchev–Trinajstić information content (AvgIpc) is 2.55. The first-order valence-electron chi connectivity index (χ1n) is 7.74. The molecule has 0 radical (unpaired) electrons. The molecule has 0 amide bonds. The molecular formula is C18H22N2O3. The Morgan fingerprint density at radius 1 is 1.22 bits per heavy atom. The molecule has 1 N–H and O–H groups in total. The molecule has 0 fully saturated rings. The molecule has 5 nitrogen and oxygen atoms in total. The van der Waals surface area contributed by atoms with Crippen LogP contribution >= 0.6 is 0 Å². The molecule has 2 aromatic rings. The van der Waals surface area contributed by atoms with Gasteiger partial charge in [0.05, 0.1) is 13.0 Å². The quantitative estimate of drug-likeness (QED) is 0.599. The first-order valence-corrected chi connectivity index (χ1v) is 7.74. The summed E-state index contributed by atoms with van der Waals surface area (Å²) in [5.74, 6) is 1.19. The normalized spacial score (nSPS) is 10.3. The molecule has 1 aromatic carbocycles. The van der Waals surface area contributed by atoms with Crippen LogP contribution in [0.15, 0.2) is 42.6 Å². The number of pyridine rings is 1. The molecule has 0 aliphatic carbocycles. The second-order valence-corrected chi connectivity index (χ2v) is 5.10. The highest BCUT2D eigenvalue weighted by molar-refractivity contribution is 5.69. The lowest BCUT2D eigenvalue weighted by molar-refractivity contribution is -0.142. The van der Waals surface area contributed by atoms with Gasteiger partial charge < -0.3 is 14.8 Å². The van der Waals surface area contributed by atoms with Crippen LogP contribution in [0.2, 0.25) is 0 Å². The standard InChI is InChI=1S/C18H22N2O3/c1-3-22-18(21)10-11-19-12-15-8-9-17(20-13-15)23-16-7-5-4-6-14(16)2/h4-9,13,19H,3,10-12H2,1-2H3. The highest BCUT2D eigenvalue weighted by atomic mass is 16.5. The monoisotopic (exact) mass is 314 g/mol. The Labute approximate surface area is 136 Å². The Balaban J connectivity index is 1.78. The molecule has 0 aliphatic heterocycles. The number of hydrogen-bond donors (Lipinski definition) is 1. The lowest BCUT2D eigenvalue weighted by Gasteiger charge is -2.08. The largest absolute Gasteiger partial charge is 0.466 e. The summed E-state index contributed by atoms with van der Waals surface area (Å²) in [6.07, 6.45) is 2.14. The fourth-order valence-electron chi connectivity index (χ4n) is 2.02. The van der Waals surface area contributed by atoms with Crippen molar-refractivity contribution in [3.63, 3.8) is 0 Å². The molecule has 23 heavy (non-hydrogen) atoms. The number of esters is 1. The van der Waals surface area contributed by atoms with Crippen LogP contribution in [0.3, 0.4) is 0 Å². The summed E-state index contributed by atoms with van der Waals surface area (Å²) in [5.41, 5.74) is 2.10. The van der Waals surface area contributed by atoms with Crippen molar-refractivity contribution >= 4 is 5.97 Å². The van der Waals surface area contributed by atoms with Crippen molar-refractivity contribution in [2.24, 2.45) is 0 Å². The van der Waals surface area contributed by atoms with Crippen molar-refractivity contribution in [3.8, 4) is 11.6 Å². The van der Waals surface area contributed by atoms with Gasteiger partial charge in [-0.2, -0.15) is 0 Å². The number of aromatic nitrogens is 1. The third kappa shape index (κ3) is 5.71. The number of nitrogens with zero attached hydrogens (tertiary/aromatic N) is 1. The maximum atomic E-state index is 11.2. The Hall–Kier alpha value is -2.40. The van der Waals surface area contributed by atoms with E-state index in [1.165, 1.54) is 0 Å². The van der Waals surface area contributed by atoms with E-state index in [1.807, 2.05) is 43.3 Å². The summed E-state index contributed by atoms with van der Waals surface area (Å²) >= 11 is 0. The van der Waals surface area contributed by atoms with Crippen LogP contribution in [0.25, 0.3) is 0 Å². The molecule has 1 aromatic heterocycles. The van der Waals surface area contributed by atoms with Crippen LogP contribution < -0.4 is 10.1 Å². The highest BCUT2D eigenvalue weighted by Crippen LogP contribution is 2.22. The van der Waals surface area contributed by atoms with Crippen LogP contribution in [0.1, 0.15) is 24.5 Å². The van der Waals surface area contributed by atoms with E-state index in [0.29, 0.717) is 32.0 Å². The van der Waals surface area contributed by atoms with Crippen molar-refractivity contribution in [1.82, 2.24) is 10.3 Å². The Morgan fingerprint density at radius 2 is 2.04 bits per heavy atom. The minimum atomic E-state index is -0.180. The average molecular weight is 314 g/mol. The van der Waals surface area contributed by atoms with Crippen LogP contribution in [-0.2, 0) is 16.1 Å². The molecule has 2 rings (SSSR count). The number of carbonyl (C=O) groups is 1. The SMILES string of the molecule is CCOC(=O)CCNCc1ccc(Oc2ccccc2C)nc1. The molecule has 5 heteroatoms. The van der Waals surface area contributed by atoms with Crippen LogP contribution in [0.4, 0.5) is 0 Å². The zero-order chi connectivity index (χ0) is 16.5. The summed E-state index contributed by atoms with van der Waals surface area (Å²) in [7, 11) is 0. The summed E-state index contributed by atoms with van der Waals surface area (Å²) in [6.45, 7) is 5.46. The van der Waals surface area contributed by atoms with Gasteiger partial charge in [-0.05, 0) is 31.0 Å². The molecule has 0 saturated heterocycles. The fraction of sp³-hybridized carbons (Fsp3) is 0.333. The van der Waals surface area contributed by atoms with E-state index in [4.69, 9.17) is 9.47 Å². The van der Waals surface area contributed by atoms with E-state index in [9.17, 15) is 4.79 Å². The van der Waals surface area contributed by atoms with Crippen LogP contribution in [0, 0.1) is 6.92 Å². The van der Waals surface area contributed by atoms with E-state index >= 15 is 0 Å². The highest BCUT2D eigenvalue weighted by Gasteiger charge is 2.03. The van der Waals surface area contributed by atoms with E-state index in [-0.39, 0.29) is 5.97 Å². The van der Waals surface area contributed by atoms with Gasteiger partial charge in [-0.25, -0.2) is 4.98 Å². The molecule has 0 bridgehead atoms. The van der Waals surface area contributed by atoms with Gasteiger partial charge in [0.25, 0.3) is 0 Å². The van der Waals surface area contributed by atoms with Gasteiger partial charge in [0.1, 0.15) is 5.75 Å². The van der Waals surface area contributed by atoms with Gasteiger partial charge >= 0.3 is 5.97 Å². The molecule has 0 aliphatic rings. The first kappa shape index (κ1) is 17.0. The lowest BCUT2D eigenvalue weighted by atomic mass is 10.2. The molecule has 1 heterocycles. The maximum Gasteiger partial charge on any atom is 0.307 e. The number of rotatable bonds is 8. The van der Waals surface area contributed by atoms with E-state index in [2.05, 4.69) is 10.3 Å². The zero-order valence-corrected chi connectivity index (χ0v) is 13.5. The van der Waals surface area contributed by atoms with Gasteiger partial charge in [-0.1, -0.05) is 24.3 Å². The lowest BCUT2D eigenvalue weighted by Crippen LogP contribution is -2.19. The van der Waals surface area contributed by atoms with E-state index in [1.54, 1.807) is 13.1 Å². The zero-order valence-electron chi connectivity index (χ0n) is 13.5. The number of ether oxygens (including phenoxy) is 2. The van der Waals surface area contributed by atoms with Crippen molar-refractivity contribution in [1.29, 1.82) is 0 Å². The van der Waals surface area contributed by atoms with Crippen molar-refractivity contribution < 1.29 is 14.3 Å². The molecule has 0 unspecified atom stereocenters. The van der Waals surface area contributed by atoms with Crippen LogP contribution in [0.5, 0.6) is 11.6 Å². The van der Waals surface area contributed by atoms with E-state index < -0.39 is 0 Å². The molecule has 0 atom stereocenters. The van der Waals surface area contributed by atoms with Crippen molar-refractivity contribution in [2.75, 3.05) is 13.2 Å². The van der Waals surface area contributed by atoms with Crippen molar-refractivity contribution in [3.05, 3.63) is 53.7 Å². The predicted octanol–water partition coefficient (Wildman–Crippen LogP) is 3.23. The second-order valence-electron chi connectivity index (χ2n) is 5.10. The van der Waals surface area contributed by atoms with Gasteiger partial charge in [-0.3, -0.25) is 4.79 Å². The molecule has 0 saturated carbocycles. The van der Waals surface area contributed by atoms with Gasteiger partial charge in [0, 0.05) is 25.4 Å². The minimum absolute atomic E-state index is 0.180. The second kappa shape index (κ2) is 8.90. The summed E-state index contributed by atoms with van der Waals surface area (Å²) < 4.78 is 10.6. The number of carbonyl (C=O) groups excluding carboxylic acids is 1. The first-order chi connectivity index (χ1) is 11.2. The number of para-hydroxylation sites is 1. The number of nitrogens with one attached hydrogen (secondary N) is 1. The van der Waals surface area contributed by atoms with Gasteiger partial charge in [-0.15, -0.1) is 0 Å². The minimum Gasteiger partial charge on any atom is -0.466 e. The third-order valence-electron chi connectivity index (χ3n) is 3.25. The number of hydrogen-bond acceptors (Lipinski definition) is 5. The molecular weight excluding hydrogens is 292 g/mol. The Kier molecular flexibility index (Phi) is 6.56. The number of benzene rings is 1. The smallest absolute Gasteiger partial charge is 0.307 e. The molecule has 0 spiro atoms. The fourth-order valence-corrected chi connectivity index (χ4v) is 2.02. The topological polar surface area (TPSA) is 60.5 Å². The predicted molar refractivity (Wildman–Crippen MR) is 88.4 cm³/mol. The number of aryl methyl sites for hydroxylation is 1. The maximum absolute atomic E-state index is 11.2. The summed E-state index contributed by atoms with van der Waals surface area (Å²) in [5, 5.41) is 3.19. The van der Waals surface area contributed by atoms with Crippen molar-refractivity contribution in [2.45, 2.75) is 26.8 Å². The van der Waals surface area contributed by atoms with Gasteiger partial charge in [0.15, 0.2) is 0 Å². The summed E-state index contributed by atoms with van der Waals surface area (Å²) in [4.78, 5) is 15.5. The Bertz CT molecular complexity index is 626. The Morgan fingerprint density at radius 3 is 2.74 bits per heavy atom. The summed E-state index contributed by atoms with van der Waals surface area (Å²) in [6, 6.07) is 11.6. The van der Waals surface area contributed by atoms with Gasteiger partial charge in [0.2, 0.25) is 5.88 Å². The third-order valence-corrected chi connectivity index (χ3v) is 3.25.